The fourth-order valence-electron chi connectivity index (χ4n) is 1.83. The Morgan fingerprint density at radius 1 is 1.56 bits per heavy atom. The van der Waals surface area contributed by atoms with Gasteiger partial charge >= 0.3 is 5.97 Å². The molecular formula is C11H9BrO4. The minimum absolute atomic E-state index is 0.0267. The number of Topliss-reactive ketones (excluding diaryl/α,β-unsaturated/α-hetero) is 1. The Morgan fingerprint density at radius 2 is 2.25 bits per heavy atom. The molecule has 1 N–H and O–H groups in total. The van der Waals surface area contributed by atoms with Crippen molar-refractivity contribution in [2.24, 2.45) is 0 Å². The summed E-state index contributed by atoms with van der Waals surface area (Å²) in [6.45, 7) is 0. The van der Waals surface area contributed by atoms with Crippen molar-refractivity contribution < 1.29 is 19.4 Å². The van der Waals surface area contributed by atoms with Crippen LogP contribution in [0.3, 0.4) is 0 Å². The number of aliphatic hydroxyl groups is 1. The molecule has 4 nitrogen and oxygen atoms in total. The second kappa shape index (κ2) is 3.68. The van der Waals surface area contributed by atoms with Crippen molar-refractivity contribution in [2.45, 2.75) is 12.0 Å². The molecule has 0 radical (unpaired) electrons. The van der Waals surface area contributed by atoms with Crippen molar-refractivity contribution in [2.75, 3.05) is 7.11 Å². The van der Waals surface area contributed by atoms with E-state index in [2.05, 4.69) is 20.7 Å². The lowest BCUT2D eigenvalue weighted by Gasteiger charge is -2.16. The maximum absolute atomic E-state index is 11.9. The monoisotopic (exact) mass is 284 g/mol. The number of ketones is 1. The van der Waals surface area contributed by atoms with Crippen molar-refractivity contribution in [3.05, 3.63) is 33.8 Å². The highest BCUT2D eigenvalue weighted by molar-refractivity contribution is 9.10. The van der Waals surface area contributed by atoms with Gasteiger partial charge in [0.2, 0.25) is 11.4 Å². The zero-order valence-corrected chi connectivity index (χ0v) is 10.1. The van der Waals surface area contributed by atoms with E-state index in [-0.39, 0.29) is 6.42 Å². The van der Waals surface area contributed by atoms with Crippen molar-refractivity contribution in [1.29, 1.82) is 0 Å². The number of rotatable bonds is 1. The summed E-state index contributed by atoms with van der Waals surface area (Å²) in [7, 11) is 1.15. The van der Waals surface area contributed by atoms with E-state index in [1.54, 1.807) is 18.2 Å². The fourth-order valence-corrected chi connectivity index (χ4v) is 2.19. The van der Waals surface area contributed by atoms with E-state index in [9.17, 15) is 14.7 Å². The third-order valence-electron chi connectivity index (χ3n) is 2.66. The molecule has 1 aliphatic carbocycles. The molecule has 0 aliphatic heterocycles. The van der Waals surface area contributed by atoms with Crippen molar-refractivity contribution in [3.8, 4) is 0 Å². The first kappa shape index (κ1) is 11.3. The first-order chi connectivity index (χ1) is 7.49. The molecular weight excluding hydrogens is 276 g/mol. The van der Waals surface area contributed by atoms with Crippen LogP contribution in [0.15, 0.2) is 22.7 Å². The SMILES string of the molecule is COC(=O)[C@@]1(O)Cc2ccc(Br)cc2C1=O. The molecule has 84 valence electrons. The largest absolute Gasteiger partial charge is 0.467 e. The number of ether oxygens (including phenoxy) is 1. The van der Waals surface area contributed by atoms with Crippen LogP contribution in [0.1, 0.15) is 15.9 Å². The van der Waals surface area contributed by atoms with Gasteiger partial charge in [0.1, 0.15) is 0 Å². The van der Waals surface area contributed by atoms with Crippen LogP contribution in [-0.4, -0.2) is 29.6 Å². The van der Waals surface area contributed by atoms with Crippen LogP contribution in [0.2, 0.25) is 0 Å². The summed E-state index contributed by atoms with van der Waals surface area (Å²) in [5, 5.41) is 10.0. The van der Waals surface area contributed by atoms with Gasteiger partial charge in [-0.05, 0) is 17.7 Å². The Balaban J connectivity index is 2.49. The highest BCUT2D eigenvalue weighted by atomic mass is 79.9. The van der Waals surface area contributed by atoms with Crippen molar-refractivity contribution >= 4 is 27.7 Å². The predicted molar refractivity (Wildman–Crippen MR) is 59.1 cm³/mol. The van der Waals surface area contributed by atoms with Crippen molar-refractivity contribution in [1.82, 2.24) is 0 Å². The summed E-state index contributed by atoms with van der Waals surface area (Å²) in [6.07, 6.45) is -0.0267. The first-order valence-corrected chi connectivity index (χ1v) is 5.42. The second-order valence-corrected chi connectivity index (χ2v) is 4.57. The Hall–Kier alpha value is -1.20. The van der Waals surface area contributed by atoms with Crippen LogP contribution < -0.4 is 0 Å². The van der Waals surface area contributed by atoms with Crippen LogP contribution in [0.25, 0.3) is 0 Å². The predicted octanol–water partition coefficient (Wildman–Crippen LogP) is 1.09. The Morgan fingerprint density at radius 3 is 2.88 bits per heavy atom. The number of carbonyl (C=O) groups excluding carboxylic acids is 2. The van der Waals surface area contributed by atoms with Gasteiger partial charge in [0, 0.05) is 16.5 Å². The highest BCUT2D eigenvalue weighted by Gasteiger charge is 2.51. The molecule has 5 heteroatoms. The van der Waals surface area contributed by atoms with Gasteiger partial charge in [-0.25, -0.2) is 4.79 Å². The smallest absolute Gasteiger partial charge is 0.346 e. The molecule has 0 saturated carbocycles. The summed E-state index contributed by atoms with van der Waals surface area (Å²) in [5.41, 5.74) is -1.04. The van der Waals surface area contributed by atoms with Gasteiger partial charge in [-0.15, -0.1) is 0 Å². The molecule has 1 atom stereocenters. The Labute approximate surface area is 100 Å². The molecule has 0 amide bonds. The molecule has 0 heterocycles. The normalized spacial score (nSPS) is 23.1. The third-order valence-corrected chi connectivity index (χ3v) is 3.15. The molecule has 0 aromatic heterocycles. The molecule has 0 spiro atoms. The quantitative estimate of drug-likeness (QED) is 0.619. The Bertz CT molecular complexity index is 483. The fraction of sp³-hybridized carbons (Fsp3) is 0.273. The topological polar surface area (TPSA) is 63.6 Å². The number of benzene rings is 1. The maximum Gasteiger partial charge on any atom is 0.346 e. The molecule has 2 rings (SSSR count). The van der Waals surface area contributed by atoms with E-state index in [4.69, 9.17) is 0 Å². The zero-order valence-electron chi connectivity index (χ0n) is 8.49. The van der Waals surface area contributed by atoms with Crippen LogP contribution in [0.5, 0.6) is 0 Å². The first-order valence-electron chi connectivity index (χ1n) is 4.63. The van der Waals surface area contributed by atoms with Crippen LogP contribution in [-0.2, 0) is 16.0 Å². The van der Waals surface area contributed by atoms with Gasteiger partial charge in [-0.1, -0.05) is 22.0 Å². The van der Waals surface area contributed by atoms with Gasteiger partial charge in [0.25, 0.3) is 0 Å². The lowest BCUT2D eigenvalue weighted by molar-refractivity contribution is -0.156. The lowest BCUT2D eigenvalue weighted by atomic mass is 10.00. The van der Waals surface area contributed by atoms with E-state index in [0.29, 0.717) is 11.1 Å². The van der Waals surface area contributed by atoms with Gasteiger partial charge in [0.05, 0.1) is 7.11 Å². The Kier molecular flexibility index (Phi) is 2.59. The molecule has 0 bridgehead atoms. The molecule has 16 heavy (non-hydrogen) atoms. The van der Waals surface area contributed by atoms with E-state index in [0.717, 1.165) is 11.6 Å². The number of hydrogen-bond acceptors (Lipinski definition) is 4. The van der Waals surface area contributed by atoms with E-state index < -0.39 is 17.4 Å². The lowest BCUT2D eigenvalue weighted by Crippen LogP contribution is -2.45. The van der Waals surface area contributed by atoms with Gasteiger partial charge in [0.15, 0.2) is 0 Å². The summed E-state index contributed by atoms with van der Waals surface area (Å²) in [5.74, 6) is -1.51. The van der Waals surface area contributed by atoms with E-state index >= 15 is 0 Å². The average Bonchev–Trinajstić information content (AvgIpc) is 2.52. The summed E-state index contributed by atoms with van der Waals surface area (Å²) in [6, 6.07) is 5.06. The number of fused-ring (bicyclic) bond motifs is 1. The standard InChI is InChI=1S/C11H9BrO4/c1-16-10(14)11(15)5-6-2-3-7(12)4-8(6)9(11)13/h2-4,15H,5H2,1H3/t11-/m1/s1. The van der Waals surface area contributed by atoms with Crippen LogP contribution in [0, 0.1) is 0 Å². The minimum atomic E-state index is -2.06. The second-order valence-electron chi connectivity index (χ2n) is 3.66. The molecule has 0 unspecified atom stereocenters. The van der Waals surface area contributed by atoms with E-state index in [1.165, 1.54) is 0 Å². The van der Waals surface area contributed by atoms with Gasteiger partial charge in [-0.2, -0.15) is 0 Å². The minimum Gasteiger partial charge on any atom is -0.467 e. The molecule has 1 aromatic rings. The van der Waals surface area contributed by atoms with Crippen LogP contribution in [0.4, 0.5) is 0 Å². The maximum atomic E-state index is 11.9. The molecule has 1 aliphatic rings. The number of methoxy groups -OCH3 is 1. The molecule has 0 saturated heterocycles. The highest BCUT2D eigenvalue weighted by Crippen LogP contribution is 2.32. The average molecular weight is 285 g/mol. The van der Waals surface area contributed by atoms with Crippen molar-refractivity contribution in [3.63, 3.8) is 0 Å². The summed E-state index contributed by atoms with van der Waals surface area (Å²) >= 11 is 3.23. The number of hydrogen-bond donors (Lipinski definition) is 1. The number of carbonyl (C=O) groups is 2. The van der Waals surface area contributed by atoms with Gasteiger partial charge in [-0.3, -0.25) is 4.79 Å². The van der Waals surface area contributed by atoms with E-state index in [1.807, 2.05) is 0 Å². The third kappa shape index (κ3) is 1.47. The molecule has 1 aromatic carbocycles. The zero-order chi connectivity index (χ0) is 11.9. The van der Waals surface area contributed by atoms with Crippen LogP contribution >= 0.6 is 15.9 Å². The summed E-state index contributed by atoms with van der Waals surface area (Å²) < 4.78 is 5.18. The number of halogens is 1. The van der Waals surface area contributed by atoms with Gasteiger partial charge < -0.3 is 9.84 Å². The summed E-state index contributed by atoms with van der Waals surface area (Å²) in [4.78, 5) is 23.3. The number of esters is 1. The molecule has 0 fully saturated rings.